The van der Waals surface area contributed by atoms with Crippen LogP contribution in [-0.2, 0) is 5.41 Å². The van der Waals surface area contributed by atoms with Crippen molar-refractivity contribution in [3.63, 3.8) is 0 Å². The van der Waals surface area contributed by atoms with E-state index < -0.39 is 0 Å². The van der Waals surface area contributed by atoms with Crippen molar-refractivity contribution in [3.05, 3.63) is 29.8 Å². The number of hydrogen-bond acceptors (Lipinski definition) is 1. The van der Waals surface area contributed by atoms with Crippen molar-refractivity contribution < 1.29 is 4.39 Å². The van der Waals surface area contributed by atoms with E-state index in [1.165, 1.54) is 12.3 Å². The number of halogens is 1. The fourth-order valence-corrected chi connectivity index (χ4v) is 1.77. The lowest BCUT2D eigenvalue weighted by molar-refractivity contribution is 0.401. The lowest BCUT2D eigenvalue weighted by atomic mass is 9.79. The van der Waals surface area contributed by atoms with E-state index in [1.807, 2.05) is 0 Å². The first-order valence-electron chi connectivity index (χ1n) is 5.24. The monoisotopic (exact) mass is 195 g/mol. The molecule has 1 rings (SSSR count). The second-order valence-corrected chi connectivity index (χ2v) is 4.03. The van der Waals surface area contributed by atoms with E-state index in [-0.39, 0.29) is 11.2 Å². The van der Waals surface area contributed by atoms with Crippen molar-refractivity contribution in [1.82, 2.24) is 4.98 Å². The quantitative estimate of drug-likeness (QED) is 0.714. The van der Waals surface area contributed by atoms with Crippen LogP contribution in [0.2, 0.25) is 0 Å². The first-order chi connectivity index (χ1) is 6.62. The molecule has 0 radical (unpaired) electrons. The summed E-state index contributed by atoms with van der Waals surface area (Å²) in [4.78, 5) is 4.16. The van der Waals surface area contributed by atoms with Crippen molar-refractivity contribution in [2.75, 3.05) is 0 Å². The molecule has 0 saturated heterocycles. The van der Waals surface area contributed by atoms with Gasteiger partial charge < -0.3 is 0 Å². The molecule has 1 nitrogen and oxygen atoms in total. The normalized spacial score (nSPS) is 15.1. The van der Waals surface area contributed by atoms with E-state index in [0.717, 1.165) is 25.0 Å². The summed E-state index contributed by atoms with van der Waals surface area (Å²) in [6.45, 7) is 6.51. The Balaban J connectivity index is 2.94. The van der Waals surface area contributed by atoms with Gasteiger partial charge in [-0.2, -0.15) is 0 Å². The number of nitrogens with zero attached hydrogens (tertiary/aromatic N) is 1. The summed E-state index contributed by atoms with van der Waals surface area (Å²) < 4.78 is 12.7. The third kappa shape index (κ3) is 2.31. The molecule has 0 aromatic carbocycles. The molecule has 14 heavy (non-hydrogen) atoms. The van der Waals surface area contributed by atoms with Gasteiger partial charge >= 0.3 is 0 Å². The van der Waals surface area contributed by atoms with Crippen LogP contribution in [0.4, 0.5) is 4.39 Å². The SMILES string of the molecule is CCCC(C)(CC)c1ccc(F)cn1. The third-order valence-corrected chi connectivity index (χ3v) is 2.93. The minimum absolute atomic E-state index is 0.0997. The molecule has 0 amide bonds. The molecule has 0 bridgehead atoms. The predicted molar refractivity (Wildman–Crippen MR) is 56.7 cm³/mol. The van der Waals surface area contributed by atoms with Gasteiger partial charge in [0.1, 0.15) is 5.82 Å². The van der Waals surface area contributed by atoms with E-state index in [2.05, 4.69) is 25.8 Å². The summed E-state index contributed by atoms with van der Waals surface area (Å²) in [5.41, 5.74) is 1.10. The van der Waals surface area contributed by atoms with E-state index in [1.54, 1.807) is 6.07 Å². The van der Waals surface area contributed by atoms with Gasteiger partial charge in [0.25, 0.3) is 0 Å². The zero-order valence-electron chi connectivity index (χ0n) is 9.18. The van der Waals surface area contributed by atoms with Gasteiger partial charge in [-0.1, -0.05) is 27.2 Å². The van der Waals surface area contributed by atoms with Gasteiger partial charge in [0.2, 0.25) is 0 Å². The molecular weight excluding hydrogens is 177 g/mol. The van der Waals surface area contributed by atoms with Crippen LogP contribution in [0, 0.1) is 5.82 Å². The number of rotatable bonds is 4. The number of hydrogen-bond donors (Lipinski definition) is 0. The Labute approximate surface area is 85.4 Å². The average molecular weight is 195 g/mol. The predicted octanol–water partition coefficient (Wildman–Crippen LogP) is 3.69. The van der Waals surface area contributed by atoms with Crippen molar-refractivity contribution in [1.29, 1.82) is 0 Å². The van der Waals surface area contributed by atoms with Gasteiger partial charge in [-0.3, -0.25) is 4.98 Å². The average Bonchev–Trinajstić information content (AvgIpc) is 2.19. The molecule has 1 aromatic rings. The van der Waals surface area contributed by atoms with Crippen LogP contribution in [0.5, 0.6) is 0 Å². The van der Waals surface area contributed by atoms with Crippen LogP contribution in [0.15, 0.2) is 18.3 Å². The Kier molecular flexibility index (Phi) is 3.62. The Bertz CT molecular complexity index is 281. The largest absolute Gasteiger partial charge is 0.258 e. The summed E-state index contributed by atoms with van der Waals surface area (Å²) in [5.74, 6) is -0.260. The van der Waals surface area contributed by atoms with Crippen molar-refractivity contribution in [2.24, 2.45) is 0 Å². The Morgan fingerprint density at radius 2 is 2.07 bits per heavy atom. The zero-order valence-corrected chi connectivity index (χ0v) is 9.18. The van der Waals surface area contributed by atoms with Crippen LogP contribution in [-0.4, -0.2) is 4.98 Å². The van der Waals surface area contributed by atoms with Crippen LogP contribution >= 0.6 is 0 Å². The fourth-order valence-electron chi connectivity index (χ4n) is 1.77. The van der Waals surface area contributed by atoms with E-state index in [9.17, 15) is 4.39 Å². The molecule has 0 N–H and O–H groups in total. The zero-order chi connectivity index (χ0) is 10.6. The standard InChI is InChI=1S/C12H18FN/c1-4-8-12(3,5-2)11-7-6-10(13)9-14-11/h6-7,9H,4-5,8H2,1-3H3. The minimum atomic E-state index is -0.260. The van der Waals surface area contributed by atoms with E-state index in [0.29, 0.717) is 0 Å². The van der Waals surface area contributed by atoms with Gasteiger partial charge in [0.05, 0.1) is 6.20 Å². The highest BCUT2D eigenvalue weighted by atomic mass is 19.1. The Hall–Kier alpha value is -0.920. The molecule has 0 aliphatic carbocycles. The smallest absolute Gasteiger partial charge is 0.141 e. The van der Waals surface area contributed by atoms with Gasteiger partial charge in [0.15, 0.2) is 0 Å². The van der Waals surface area contributed by atoms with Crippen LogP contribution < -0.4 is 0 Å². The molecule has 1 unspecified atom stereocenters. The molecule has 1 atom stereocenters. The molecule has 2 heteroatoms. The molecule has 1 aromatic heterocycles. The maximum absolute atomic E-state index is 12.7. The van der Waals surface area contributed by atoms with Crippen molar-refractivity contribution in [2.45, 2.75) is 45.4 Å². The highest BCUT2D eigenvalue weighted by molar-refractivity contribution is 5.15. The van der Waals surface area contributed by atoms with Crippen molar-refractivity contribution in [3.8, 4) is 0 Å². The van der Waals surface area contributed by atoms with Crippen LogP contribution in [0.3, 0.4) is 0 Å². The summed E-state index contributed by atoms with van der Waals surface area (Å²) in [7, 11) is 0. The van der Waals surface area contributed by atoms with Gasteiger partial charge in [0, 0.05) is 11.1 Å². The van der Waals surface area contributed by atoms with Crippen LogP contribution in [0.1, 0.15) is 45.7 Å². The molecule has 0 aliphatic heterocycles. The first-order valence-corrected chi connectivity index (χ1v) is 5.24. The second-order valence-electron chi connectivity index (χ2n) is 4.03. The summed E-state index contributed by atoms with van der Waals surface area (Å²) in [5, 5.41) is 0. The van der Waals surface area contributed by atoms with Gasteiger partial charge in [-0.15, -0.1) is 0 Å². The Morgan fingerprint density at radius 1 is 1.36 bits per heavy atom. The number of pyridine rings is 1. The van der Waals surface area contributed by atoms with E-state index >= 15 is 0 Å². The summed E-state index contributed by atoms with van der Waals surface area (Å²) in [6.07, 6.45) is 4.57. The van der Waals surface area contributed by atoms with Crippen LogP contribution in [0.25, 0.3) is 0 Å². The first kappa shape index (κ1) is 11.2. The molecular formula is C12H18FN. The maximum Gasteiger partial charge on any atom is 0.141 e. The molecule has 0 spiro atoms. The molecule has 0 fully saturated rings. The molecule has 0 aliphatic rings. The van der Waals surface area contributed by atoms with Gasteiger partial charge in [-0.25, -0.2) is 4.39 Å². The lowest BCUT2D eigenvalue weighted by Crippen LogP contribution is -2.22. The maximum atomic E-state index is 12.7. The summed E-state index contributed by atoms with van der Waals surface area (Å²) in [6, 6.07) is 3.29. The fraction of sp³-hybridized carbons (Fsp3) is 0.583. The van der Waals surface area contributed by atoms with Gasteiger partial charge in [-0.05, 0) is 25.0 Å². The van der Waals surface area contributed by atoms with E-state index in [4.69, 9.17) is 0 Å². The highest BCUT2D eigenvalue weighted by Crippen LogP contribution is 2.30. The second kappa shape index (κ2) is 4.54. The van der Waals surface area contributed by atoms with Crippen molar-refractivity contribution >= 4 is 0 Å². The minimum Gasteiger partial charge on any atom is -0.258 e. The topological polar surface area (TPSA) is 12.9 Å². The molecule has 0 saturated carbocycles. The lowest BCUT2D eigenvalue weighted by Gasteiger charge is -2.27. The third-order valence-electron chi connectivity index (χ3n) is 2.93. The number of aromatic nitrogens is 1. The summed E-state index contributed by atoms with van der Waals surface area (Å²) >= 11 is 0. The molecule has 1 heterocycles. The molecule has 78 valence electrons. The Morgan fingerprint density at radius 3 is 2.50 bits per heavy atom. The highest BCUT2D eigenvalue weighted by Gasteiger charge is 2.24.